The van der Waals surface area contributed by atoms with E-state index < -0.39 is 18.3 Å². The molecule has 0 spiro atoms. The molecule has 0 unspecified atom stereocenters. The number of alkyl halides is 5. The highest BCUT2D eigenvalue weighted by Gasteiger charge is 2.33. The fourth-order valence-corrected chi connectivity index (χ4v) is 3.26. The Morgan fingerprint density at radius 3 is 2.41 bits per heavy atom. The molecule has 0 radical (unpaired) electrons. The van der Waals surface area contributed by atoms with Crippen molar-refractivity contribution in [1.29, 1.82) is 0 Å². The number of hydrogen-bond acceptors (Lipinski definition) is 2. The standard InChI is InChI=1S/C19H12F5N3/c1-10-15(19(22,23)24)6-12(8-26-10)11-2-3-13-14-9-25-5-4-16(14)27(18(20)21)17(13)7-11/h2-9,18H,1H3. The molecule has 3 nitrogen and oxygen atoms in total. The Morgan fingerprint density at radius 2 is 1.70 bits per heavy atom. The molecule has 0 saturated heterocycles. The van der Waals surface area contributed by atoms with E-state index in [1.165, 1.54) is 37.6 Å². The Morgan fingerprint density at radius 1 is 0.926 bits per heavy atom. The lowest BCUT2D eigenvalue weighted by atomic mass is 10.0. The highest BCUT2D eigenvalue weighted by molar-refractivity contribution is 6.08. The van der Waals surface area contributed by atoms with Crippen molar-refractivity contribution < 1.29 is 22.0 Å². The zero-order valence-electron chi connectivity index (χ0n) is 13.9. The zero-order valence-corrected chi connectivity index (χ0v) is 13.9. The van der Waals surface area contributed by atoms with E-state index in [0.717, 1.165) is 10.6 Å². The highest BCUT2D eigenvalue weighted by Crippen LogP contribution is 2.37. The van der Waals surface area contributed by atoms with Crippen LogP contribution in [0.3, 0.4) is 0 Å². The summed E-state index contributed by atoms with van der Waals surface area (Å²) < 4.78 is 67.6. The predicted molar refractivity (Wildman–Crippen MR) is 91.5 cm³/mol. The summed E-state index contributed by atoms with van der Waals surface area (Å²) in [4.78, 5) is 7.79. The van der Waals surface area contributed by atoms with Crippen LogP contribution in [0.4, 0.5) is 22.0 Å². The van der Waals surface area contributed by atoms with Crippen LogP contribution in [0.25, 0.3) is 32.9 Å². The Kier molecular flexibility index (Phi) is 3.87. The number of nitrogens with zero attached hydrogens (tertiary/aromatic N) is 3. The largest absolute Gasteiger partial charge is 0.418 e. The summed E-state index contributed by atoms with van der Waals surface area (Å²) in [7, 11) is 0. The van der Waals surface area contributed by atoms with Crippen molar-refractivity contribution in [1.82, 2.24) is 14.5 Å². The molecule has 4 rings (SSSR count). The Hall–Kier alpha value is -3.03. The van der Waals surface area contributed by atoms with E-state index >= 15 is 0 Å². The molecule has 138 valence electrons. The van der Waals surface area contributed by atoms with Gasteiger partial charge in [-0.25, -0.2) is 0 Å². The lowest BCUT2D eigenvalue weighted by Crippen LogP contribution is -2.08. The summed E-state index contributed by atoms with van der Waals surface area (Å²) in [6.07, 6.45) is -0.324. The Labute approximate surface area is 150 Å². The van der Waals surface area contributed by atoms with Gasteiger partial charge in [0.05, 0.1) is 16.6 Å². The van der Waals surface area contributed by atoms with Gasteiger partial charge in [-0.15, -0.1) is 0 Å². The number of fused-ring (bicyclic) bond motifs is 3. The number of hydrogen-bond donors (Lipinski definition) is 0. The quantitative estimate of drug-likeness (QED) is 0.403. The third-order valence-electron chi connectivity index (χ3n) is 4.53. The minimum absolute atomic E-state index is 0.139. The number of rotatable bonds is 2. The van der Waals surface area contributed by atoms with Gasteiger partial charge in [0.15, 0.2) is 0 Å². The predicted octanol–water partition coefficient (Wildman–Crippen LogP) is 5.97. The molecule has 0 amide bonds. The van der Waals surface area contributed by atoms with Gasteiger partial charge in [-0.05, 0) is 30.7 Å². The lowest BCUT2D eigenvalue weighted by Gasteiger charge is -2.12. The third kappa shape index (κ3) is 2.81. The topological polar surface area (TPSA) is 30.7 Å². The number of aromatic nitrogens is 3. The summed E-state index contributed by atoms with van der Waals surface area (Å²) in [6, 6.07) is 7.13. The molecule has 27 heavy (non-hydrogen) atoms. The van der Waals surface area contributed by atoms with Crippen molar-refractivity contribution in [3.05, 3.63) is 60.2 Å². The van der Waals surface area contributed by atoms with Gasteiger partial charge < -0.3 is 0 Å². The molecule has 0 aliphatic rings. The maximum absolute atomic E-state index is 13.6. The van der Waals surface area contributed by atoms with E-state index in [-0.39, 0.29) is 16.8 Å². The first kappa shape index (κ1) is 17.4. The Bertz CT molecular complexity index is 1160. The van der Waals surface area contributed by atoms with Gasteiger partial charge in [-0.1, -0.05) is 12.1 Å². The van der Waals surface area contributed by atoms with E-state index in [0.29, 0.717) is 21.9 Å². The molecule has 8 heteroatoms. The molecule has 0 fully saturated rings. The second kappa shape index (κ2) is 6.00. The van der Waals surface area contributed by atoms with E-state index in [9.17, 15) is 22.0 Å². The molecule has 3 heterocycles. The van der Waals surface area contributed by atoms with Crippen LogP contribution in [0.1, 0.15) is 17.8 Å². The van der Waals surface area contributed by atoms with E-state index in [2.05, 4.69) is 9.97 Å². The maximum Gasteiger partial charge on any atom is 0.418 e. The van der Waals surface area contributed by atoms with Crippen molar-refractivity contribution in [2.45, 2.75) is 19.6 Å². The second-order valence-corrected chi connectivity index (χ2v) is 6.13. The SMILES string of the molecule is Cc1ncc(-c2ccc3c4cnccc4n(C(F)F)c3c2)cc1C(F)(F)F. The summed E-state index contributed by atoms with van der Waals surface area (Å²) in [5, 5.41) is 1.11. The monoisotopic (exact) mass is 377 g/mol. The van der Waals surface area contributed by atoms with Crippen LogP contribution >= 0.6 is 0 Å². The minimum atomic E-state index is -4.54. The van der Waals surface area contributed by atoms with Crippen LogP contribution in [-0.2, 0) is 6.18 Å². The molecule has 0 aliphatic carbocycles. The highest BCUT2D eigenvalue weighted by atomic mass is 19.4. The molecule has 0 saturated carbocycles. The first-order chi connectivity index (χ1) is 12.8. The zero-order chi connectivity index (χ0) is 19.3. The van der Waals surface area contributed by atoms with Crippen LogP contribution in [0.5, 0.6) is 0 Å². The molecule has 1 aromatic carbocycles. The van der Waals surface area contributed by atoms with Crippen molar-refractivity contribution in [2.75, 3.05) is 0 Å². The summed E-state index contributed by atoms with van der Waals surface area (Å²) >= 11 is 0. The molecular weight excluding hydrogens is 365 g/mol. The third-order valence-corrected chi connectivity index (χ3v) is 4.53. The van der Waals surface area contributed by atoms with Crippen molar-refractivity contribution in [3.63, 3.8) is 0 Å². The van der Waals surface area contributed by atoms with Gasteiger partial charge in [0.2, 0.25) is 0 Å². The molecular formula is C19H12F5N3. The van der Waals surface area contributed by atoms with Gasteiger partial charge in [-0.3, -0.25) is 14.5 Å². The number of halogens is 5. The summed E-state index contributed by atoms with van der Waals surface area (Å²) in [6.45, 7) is -1.53. The van der Waals surface area contributed by atoms with Gasteiger partial charge in [0, 0.05) is 40.6 Å². The maximum atomic E-state index is 13.6. The van der Waals surface area contributed by atoms with E-state index in [1.807, 2.05) is 0 Å². The van der Waals surface area contributed by atoms with Gasteiger partial charge in [0.1, 0.15) is 0 Å². The average Bonchev–Trinajstić information content (AvgIpc) is 2.95. The Balaban J connectivity index is 1.97. The smallest absolute Gasteiger partial charge is 0.284 e. The second-order valence-electron chi connectivity index (χ2n) is 6.13. The van der Waals surface area contributed by atoms with Crippen LogP contribution in [0.2, 0.25) is 0 Å². The fraction of sp³-hybridized carbons (Fsp3) is 0.158. The molecule has 4 aromatic rings. The molecule has 0 bridgehead atoms. The number of aryl methyl sites for hydroxylation is 1. The summed E-state index contributed by atoms with van der Waals surface area (Å²) in [5.41, 5.74) is 0.126. The molecule has 0 atom stereocenters. The number of benzene rings is 1. The fourth-order valence-electron chi connectivity index (χ4n) is 3.26. The van der Waals surface area contributed by atoms with Crippen LogP contribution in [0.15, 0.2) is 48.9 Å². The first-order valence-corrected chi connectivity index (χ1v) is 7.97. The van der Waals surface area contributed by atoms with Crippen molar-refractivity contribution in [3.8, 4) is 11.1 Å². The molecule has 3 aromatic heterocycles. The minimum Gasteiger partial charge on any atom is -0.284 e. The molecule has 0 aliphatic heterocycles. The first-order valence-electron chi connectivity index (χ1n) is 7.97. The van der Waals surface area contributed by atoms with Crippen molar-refractivity contribution in [2.24, 2.45) is 0 Å². The normalized spacial score (nSPS) is 12.4. The van der Waals surface area contributed by atoms with Crippen LogP contribution in [0, 0.1) is 6.92 Å². The average molecular weight is 377 g/mol. The summed E-state index contributed by atoms with van der Waals surface area (Å²) in [5.74, 6) is 0. The van der Waals surface area contributed by atoms with Gasteiger partial charge in [-0.2, -0.15) is 22.0 Å². The van der Waals surface area contributed by atoms with Crippen LogP contribution in [-0.4, -0.2) is 14.5 Å². The van der Waals surface area contributed by atoms with E-state index in [4.69, 9.17) is 0 Å². The van der Waals surface area contributed by atoms with Crippen molar-refractivity contribution >= 4 is 21.8 Å². The van der Waals surface area contributed by atoms with E-state index in [1.54, 1.807) is 12.1 Å². The number of pyridine rings is 2. The van der Waals surface area contributed by atoms with Gasteiger partial charge >= 0.3 is 12.7 Å². The van der Waals surface area contributed by atoms with Gasteiger partial charge in [0.25, 0.3) is 0 Å². The molecule has 0 N–H and O–H groups in total. The lowest BCUT2D eigenvalue weighted by molar-refractivity contribution is -0.138. The van der Waals surface area contributed by atoms with Crippen LogP contribution < -0.4 is 0 Å².